The summed E-state index contributed by atoms with van der Waals surface area (Å²) in [6.45, 7) is 1.01. The second-order valence-corrected chi connectivity index (χ2v) is 5.54. The van der Waals surface area contributed by atoms with E-state index in [-0.39, 0.29) is 5.91 Å². The Morgan fingerprint density at radius 3 is 2.27 bits per heavy atom. The molecule has 2 aromatic heterocycles. The zero-order chi connectivity index (χ0) is 18.2. The van der Waals surface area contributed by atoms with Gasteiger partial charge in [-0.05, 0) is 35.4 Å². The van der Waals surface area contributed by atoms with E-state index in [0.717, 1.165) is 16.9 Å². The number of nitrogens with zero attached hydrogens (tertiary/aromatic N) is 3. The average Bonchev–Trinajstić information content (AvgIpc) is 2.72. The van der Waals surface area contributed by atoms with E-state index in [4.69, 9.17) is 4.74 Å². The molecule has 0 atom stereocenters. The van der Waals surface area contributed by atoms with Crippen molar-refractivity contribution in [1.82, 2.24) is 20.3 Å². The molecule has 7 heteroatoms. The van der Waals surface area contributed by atoms with Gasteiger partial charge in [0, 0.05) is 37.9 Å². The Morgan fingerprint density at radius 1 is 0.962 bits per heavy atom. The van der Waals surface area contributed by atoms with E-state index in [1.54, 1.807) is 19.5 Å². The number of amides is 1. The molecule has 3 aromatic rings. The number of hydrogen-bond donors (Lipinski definition) is 2. The molecular weight excluding hydrogens is 330 g/mol. The number of pyridine rings is 1. The molecule has 0 aliphatic rings. The van der Waals surface area contributed by atoms with Gasteiger partial charge in [0.05, 0.1) is 12.7 Å². The molecule has 0 saturated carbocycles. The highest BCUT2D eigenvalue weighted by Crippen LogP contribution is 2.12. The van der Waals surface area contributed by atoms with Crippen LogP contribution in [0.4, 0.5) is 5.95 Å². The highest BCUT2D eigenvalue weighted by atomic mass is 16.5. The standard InChI is InChI=1S/C19H19N5O2/c1-26-17-4-2-14(3-5-17)11-22-19-23-12-16(13-24-19)18(25)21-10-15-6-8-20-9-7-15/h2-9,12-13H,10-11H2,1H3,(H,21,25)(H,22,23,24). The maximum absolute atomic E-state index is 12.1. The molecule has 0 spiro atoms. The van der Waals surface area contributed by atoms with Gasteiger partial charge in [0.25, 0.3) is 5.91 Å². The minimum atomic E-state index is -0.219. The van der Waals surface area contributed by atoms with Crippen LogP contribution in [0.25, 0.3) is 0 Å². The molecule has 26 heavy (non-hydrogen) atoms. The van der Waals surface area contributed by atoms with Crippen molar-refractivity contribution in [3.63, 3.8) is 0 Å². The SMILES string of the molecule is COc1ccc(CNc2ncc(C(=O)NCc3ccncc3)cn2)cc1. The van der Waals surface area contributed by atoms with Crippen molar-refractivity contribution in [3.05, 3.63) is 77.9 Å². The lowest BCUT2D eigenvalue weighted by Gasteiger charge is -2.07. The molecule has 3 rings (SSSR count). The summed E-state index contributed by atoms with van der Waals surface area (Å²) in [5.74, 6) is 1.06. The Bertz CT molecular complexity index is 836. The summed E-state index contributed by atoms with van der Waals surface area (Å²) in [7, 11) is 1.63. The van der Waals surface area contributed by atoms with Crippen molar-refractivity contribution in [2.75, 3.05) is 12.4 Å². The zero-order valence-electron chi connectivity index (χ0n) is 14.3. The van der Waals surface area contributed by atoms with Crippen LogP contribution < -0.4 is 15.4 Å². The van der Waals surface area contributed by atoms with Gasteiger partial charge in [0.2, 0.25) is 5.95 Å². The minimum absolute atomic E-state index is 0.219. The lowest BCUT2D eigenvalue weighted by atomic mass is 10.2. The molecule has 1 amide bonds. The van der Waals surface area contributed by atoms with Crippen LogP contribution in [0.15, 0.2) is 61.2 Å². The van der Waals surface area contributed by atoms with Gasteiger partial charge in [-0.25, -0.2) is 9.97 Å². The van der Waals surface area contributed by atoms with Crippen LogP contribution in [-0.2, 0) is 13.1 Å². The Balaban J connectivity index is 1.51. The Morgan fingerprint density at radius 2 is 1.62 bits per heavy atom. The van der Waals surface area contributed by atoms with Crippen molar-refractivity contribution in [2.24, 2.45) is 0 Å². The van der Waals surface area contributed by atoms with E-state index < -0.39 is 0 Å². The van der Waals surface area contributed by atoms with Crippen molar-refractivity contribution in [2.45, 2.75) is 13.1 Å². The Labute approximate surface area is 151 Å². The third-order valence-electron chi connectivity index (χ3n) is 3.73. The fourth-order valence-electron chi connectivity index (χ4n) is 2.25. The minimum Gasteiger partial charge on any atom is -0.497 e. The van der Waals surface area contributed by atoms with Gasteiger partial charge in [-0.3, -0.25) is 9.78 Å². The van der Waals surface area contributed by atoms with Crippen LogP contribution in [0.5, 0.6) is 5.75 Å². The fraction of sp³-hybridized carbons (Fsp3) is 0.158. The molecule has 2 heterocycles. The predicted octanol–water partition coefficient (Wildman–Crippen LogP) is 2.42. The molecule has 132 valence electrons. The maximum Gasteiger partial charge on any atom is 0.254 e. The molecule has 0 aliphatic carbocycles. The number of aromatic nitrogens is 3. The van der Waals surface area contributed by atoms with E-state index >= 15 is 0 Å². The molecule has 0 unspecified atom stereocenters. The van der Waals surface area contributed by atoms with Crippen LogP contribution in [0, 0.1) is 0 Å². The van der Waals surface area contributed by atoms with Crippen LogP contribution in [-0.4, -0.2) is 28.0 Å². The quantitative estimate of drug-likeness (QED) is 0.681. The highest BCUT2D eigenvalue weighted by Gasteiger charge is 2.07. The van der Waals surface area contributed by atoms with E-state index in [1.165, 1.54) is 12.4 Å². The summed E-state index contributed by atoms with van der Waals surface area (Å²) in [5, 5.41) is 5.95. The molecule has 2 N–H and O–H groups in total. The van der Waals surface area contributed by atoms with Crippen LogP contribution in [0.3, 0.4) is 0 Å². The van der Waals surface area contributed by atoms with Gasteiger partial charge in [-0.15, -0.1) is 0 Å². The molecule has 1 aromatic carbocycles. The number of carbonyl (C=O) groups is 1. The summed E-state index contributed by atoms with van der Waals surface area (Å²) in [6, 6.07) is 11.4. The summed E-state index contributed by atoms with van der Waals surface area (Å²) in [6.07, 6.45) is 6.39. The molecule has 0 bridgehead atoms. The van der Waals surface area contributed by atoms with Crippen molar-refractivity contribution in [3.8, 4) is 5.75 Å². The molecule has 7 nitrogen and oxygen atoms in total. The van der Waals surface area contributed by atoms with Crippen molar-refractivity contribution in [1.29, 1.82) is 0 Å². The summed E-state index contributed by atoms with van der Waals surface area (Å²) in [5.41, 5.74) is 2.47. The normalized spacial score (nSPS) is 10.2. The van der Waals surface area contributed by atoms with Gasteiger partial charge >= 0.3 is 0 Å². The van der Waals surface area contributed by atoms with Crippen LogP contribution in [0.2, 0.25) is 0 Å². The third-order valence-corrected chi connectivity index (χ3v) is 3.73. The van der Waals surface area contributed by atoms with Crippen molar-refractivity contribution >= 4 is 11.9 Å². The molecule has 0 fully saturated rings. The number of benzene rings is 1. The largest absolute Gasteiger partial charge is 0.497 e. The molecule has 0 saturated heterocycles. The molecule has 0 radical (unpaired) electrons. The third kappa shape index (κ3) is 4.76. The average molecular weight is 349 g/mol. The number of nitrogens with one attached hydrogen (secondary N) is 2. The summed E-state index contributed by atoms with van der Waals surface area (Å²) in [4.78, 5) is 24.4. The van der Waals surface area contributed by atoms with Gasteiger partial charge in [0.15, 0.2) is 0 Å². The lowest BCUT2D eigenvalue weighted by molar-refractivity contribution is 0.0950. The van der Waals surface area contributed by atoms with E-state index in [0.29, 0.717) is 24.6 Å². The number of methoxy groups -OCH3 is 1. The Kier molecular flexibility index (Phi) is 5.72. The smallest absolute Gasteiger partial charge is 0.254 e. The Hall–Kier alpha value is -3.48. The first-order valence-corrected chi connectivity index (χ1v) is 8.10. The fourth-order valence-corrected chi connectivity index (χ4v) is 2.25. The number of anilines is 1. The second kappa shape index (κ2) is 8.57. The number of carbonyl (C=O) groups excluding carboxylic acids is 1. The van der Waals surface area contributed by atoms with Crippen LogP contribution in [0.1, 0.15) is 21.5 Å². The second-order valence-electron chi connectivity index (χ2n) is 5.54. The van der Waals surface area contributed by atoms with Gasteiger partial charge in [0.1, 0.15) is 5.75 Å². The first-order chi connectivity index (χ1) is 12.7. The van der Waals surface area contributed by atoms with Crippen LogP contribution >= 0.6 is 0 Å². The lowest BCUT2D eigenvalue weighted by Crippen LogP contribution is -2.23. The van der Waals surface area contributed by atoms with E-state index in [1.807, 2.05) is 36.4 Å². The highest BCUT2D eigenvalue weighted by molar-refractivity contribution is 5.93. The molecule has 0 aliphatic heterocycles. The van der Waals surface area contributed by atoms with Gasteiger partial charge < -0.3 is 15.4 Å². The van der Waals surface area contributed by atoms with E-state index in [2.05, 4.69) is 25.6 Å². The predicted molar refractivity (Wildman–Crippen MR) is 97.8 cm³/mol. The zero-order valence-corrected chi connectivity index (χ0v) is 14.3. The summed E-state index contributed by atoms with van der Waals surface area (Å²) >= 11 is 0. The van der Waals surface area contributed by atoms with Crippen molar-refractivity contribution < 1.29 is 9.53 Å². The first kappa shape index (κ1) is 17.3. The first-order valence-electron chi connectivity index (χ1n) is 8.10. The monoisotopic (exact) mass is 349 g/mol. The molecular formula is C19H19N5O2. The summed E-state index contributed by atoms with van der Waals surface area (Å²) < 4.78 is 5.13. The topological polar surface area (TPSA) is 89.0 Å². The van der Waals surface area contributed by atoms with E-state index in [9.17, 15) is 4.79 Å². The maximum atomic E-state index is 12.1. The number of hydrogen-bond acceptors (Lipinski definition) is 6. The number of rotatable bonds is 7. The number of ether oxygens (including phenoxy) is 1. The van der Waals surface area contributed by atoms with Gasteiger partial charge in [-0.2, -0.15) is 0 Å². The van der Waals surface area contributed by atoms with Gasteiger partial charge in [-0.1, -0.05) is 12.1 Å².